The number of rotatable bonds is 5. The largest absolute Gasteiger partial charge is 0.416 e. The molecule has 5 rings (SSSR count). The quantitative estimate of drug-likeness (QED) is 0.221. The first kappa shape index (κ1) is 23.1. The summed E-state index contributed by atoms with van der Waals surface area (Å²) >= 11 is 9.03. The molecule has 1 aliphatic rings. The van der Waals surface area contributed by atoms with E-state index >= 15 is 0 Å². The Kier molecular flexibility index (Phi) is 6.26. The normalized spacial score (nSPS) is 14.2. The topological polar surface area (TPSA) is 54.9 Å². The van der Waals surface area contributed by atoms with Crippen LogP contribution in [0, 0.1) is 0 Å². The molecule has 1 atom stereocenters. The van der Waals surface area contributed by atoms with E-state index < -0.39 is 22.9 Å². The number of fused-ring (bicyclic) bond motifs is 3. The lowest BCUT2D eigenvalue weighted by atomic mass is 10.1. The molecular formula is C24H17ClF3N3OS2. The maximum Gasteiger partial charge on any atom is 0.416 e. The number of halogens is 4. The number of aryl methyl sites for hydroxylation is 2. The number of hydrogen-bond acceptors (Lipinski definition) is 5. The van der Waals surface area contributed by atoms with E-state index in [2.05, 4.69) is 15.3 Å². The van der Waals surface area contributed by atoms with Crippen molar-refractivity contribution in [2.24, 2.45) is 0 Å². The molecule has 10 heteroatoms. The van der Waals surface area contributed by atoms with Crippen molar-refractivity contribution in [3.8, 4) is 0 Å². The zero-order valence-electron chi connectivity index (χ0n) is 17.5. The van der Waals surface area contributed by atoms with Crippen LogP contribution in [0.15, 0.2) is 59.9 Å². The maximum absolute atomic E-state index is 13.4. The first-order valence-corrected chi connectivity index (χ1v) is 12.5. The summed E-state index contributed by atoms with van der Waals surface area (Å²) in [4.78, 5) is 24.5. The van der Waals surface area contributed by atoms with Gasteiger partial charge in [0.1, 0.15) is 21.4 Å². The van der Waals surface area contributed by atoms with Crippen LogP contribution in [0.4, 0.5) is 18.9 Å². The van der Waals surface area contributed by atoms with Crippen molar-refractivity contribution in [3.63, 3.8) is 0 Å². The van der Waals surface area contributed by atoms with Crippen LogP contribution in [0.2, 0.25) is 5.02 Å². The summed E-state index contributed by atoms with van der Waals surface area (Å²) < 4.78 is 39.6. The Morgan fingerprint density at radius 3 is 2.68 bits per heavy atom. The van der Waals surface area contributed by atoms with Gasteiger partial charge in [-0.25, -0.2) is 9.97 Å². The lowest BCUT2D eigenvalue weighted by Crippen LogP contribution is -2.20. The van der Waals surface area contributed by atoms with E-state index in [1.165, 1.54) is 28.5 Å². The highest BCUT2D eigenvalue weighted by molar-refractivity contribution is 8.00. The molecule has 1 unspecified atom stereocenters. The second-order valence-corrected chi connectivity index (χ2v) is 10.4. The van der Waals surface area contributed by atoms with Gasteiger partial charge in [-0.2, -0.15) is 13.2 Å². The molecule has 0 radical (unpaired) electrons. The van der Waals surface area contributed by atoms with Gasteiger partial charge in [0.15, 0.2) is 0 Å². The Bertz CT molecular complexity index is 1380. The number of benzene rings is 2. The highest BCUT2D eigenvalue weighted by atomic mass is 35.5. The van der Waals surface area contributed by atoms with Gasteiger partial charge in [-0.05, 0) is 48.6 Å². The van der Waals surface area contributed by atoms with E-state index in [-0.39, 0.29) is 10.7 Å². The molecule has 1 aliphatic carbocycles. The number of anilines is 1. The van der Waals surface area contributed by atoms with Gasteiger partial charge in [-0.1, -0.05) is 53.7 Å². The van der Waals surface area contributed by atoms with E-state index in [0.29, 0.717) is 10.6 Å². The average molecular weight is 520 g/mol. The second kappa shape index (κ2) is 9.20. The fourth-order valence-electron chi connectivity index (χ4n) is 4.00. The van der Waals surface area contributed by atoms with Crippen molar-refractivity contribution in [1.29, 1.82) is 0 Å². The average Bonchev–Trinajstić information content (AvgIpc) is 3.40. The molecule has 4 nitrogen and oxygen atoms in total. The molecule has 4 aromatic rings. The van der Waals surface area contributed by atoms with Gasteiger partial charge in [0.2, 0.25) is 5.91 Å². The van der Waals surface area contributed by atoms with Gasteiger partial charge in [-0.3, -0.25) is 4.79 Å². The molecule has 34 heavy (non-hydrogen) atoms. The molecule has 0 saturated heterocycles. The number of carbonyl (C=O) groups is 1. The van der Waals surface area contributed by atoms with Crippen molar-refractivity contribution in [1.82, 2.24) is 9.97 Å². The summed E-state index contributed by atoms with van der Waals surface area (Å²) in [6.45, 7) is 0. The molecule has 2 aromatic heterocycles. The van der Waals surface area contributed by atoms with E-state index in [0.717, 1.165) is 47.7 Å². The number of amides is 1. The first-order chi connectivity index (χ1) is 16.3. The SMILES string of the molecule is O=C(Nc1cc(C(F)(F)F)ccc1Cl)C(Sc1ncnc2sc3c(c12)CCC3)c1ccccc1. The Morgan fingerprint density at radius 2 is 1.91 bits per heavy atom. The molecular weight excluding hydrogens is 503 g/mol. The minimum absolute atomic E-state index is 0.0262. The van der Waals surface area contributed by atoms with Crippen LogP contribution in [0.3, 0.4) is 0 Å². The van der Waals surface area contributed by atoms with Crippen LogP contribution in [-0.4, -0.2) is 15.9 Å². The van der Waals surface area contributed by atoms with Gasteiger partial charge >= 0.3 is 6.18 Å². The molecule has 0 aliphatic heterocycles. The highest BCUT2D eigenvalue weighted by Crippen LogP contribution is 2.44. The van der Waals surface area contributed by atoms with Gasteiger partial charge < -0.3 is 5.32 Å². The number of nitrogens with zero attached hydrogens (tertiary/aromatic N) is 2. The summed E-state index contributed by atoms with van der Waals surface area (Å²) in [6.07, 6.45) is -0.0360. The second-order valence-electron chi connectivity index (χ2n) is 7.81. The van der Waals surface area contributed by atoms with Crippen molar-refractivity contribution < 1.29 is 18.0 Å². The Morgan fingerprint density at radius 1 is 1.12 bits per heavy atom. The Labute approximate surface area is 206 Å². The summed E-state index contributed by atoms with van der Waals surface area (Å²) in [6, 6.07) is 11.9. The van der Waals surface area contributed by atoms with Gasteiger partial charge in [-0.15, -0.1) is 11.3 Å². The van der Waals surface area contributed by atoms with Crippen molar-refractivity contribution in [3.05, 3.63) is 81.4 Å². The third kappa shape index (κ3) is 4.52. The maximum atomic E-state index is 13.4. The number of hydrogen-bond donors (Lipinski definition) is 1. The number of thiophene rings is 1. The molecule has 0 bridgehead atoms. The van der Waals surface area contributed by atoms with Crippen LogP contribution in [-0.2, 0) is 23.8 Å². The zero-order chi connectivity index (χ0) is 23.9. The van der Waals surface area contributed by atoms with Gasteiger partial charge in [0.25, 0.3) is 0 Å². The van der Waals surface area contributed by atoms with E-state index in [9.17, 15) is 18.0 Å². The van der Waals surface area contributed by atoms with Gasteiger partial charge in [0.05, 0.1) is 16.3 Å². The third-order valence-electron chi connectivity index (χ3n) is 5.59. The lowest BCUT2D eigenvalue weighted by molar-refractivity contribution is -0.137. The number of carbonyl (C=O) groups excluding carboxylic acids is 1. The summed E-state index contributed by atoms with van der Waals surface area (Å²) in [5.74, 6) is -0.490. The number of thioether (sulfide) groups is 1. The minimum Gasteiger partial charge on any atom is -0.323 e. The summed E-state index contributed by atoms with van der Waals surface area (Å²) in [5, 5.41) is 3.52. The number of nitrogens with one attached hydrogen (secondary N) is 1. The molecule has 2 aromatic carbocycles. The molecule has 0 saturated carbocycles. The van der Waals surface area contributed by atoms with Gasteiger partial charge in [0, 0.05) is 10.3 Å². The zero-order valence-corrected chi connectivity index (χ0v) is 19.9. The molecule has 0 spiro atoms. The first-order valence-electron chi connectivity index (χ1n) is 10.5. The van der Waals surface area contributed by atoms with Crippen LogP contribution in [0.5, 0.6) is 0 Å². The highest BCUT2D eigenvalue weighted by Gasteiger charge is 2.32. The molecule has 174 valence electrons. The van der Waals surface area contributed by atoms with E-state index in [4.69, 9.17) is 11.6 Å². The molecule has 1 N–H and O–H groups in total. The Balaban J connectivity index is 1.51. The van der Waals surface area contributed by atoms with E-state index in [1.807, 2.05) is 18.2 Å². The van der Waals surface area contributed by atoms with E-state index in [1.54, 1.807) is 23.5 Å². The summed E-state index contributed by atoms with van der Waals surface area (Å²) in [7, 11) is 0. The molecule has 2 heterocycles. The Hall–Kier alpha value is -2.62. The van der Waals surface area contributed by atoms with Crippen LogP contribution in [0.1, 0.15) is 33.2 Å². The fraction of sp³-hybridized carbons (Fsp3) is 0.208. The number of aromatic nitrogens is 2. The predicted molar refractivity (Wildman–Crippen MR) is 130 cm³/mol. The van der Waals surface area contributed by atoms with Crippen LogP contribution >= 0.6 is 34.7 Å². The van der Waals surface area contributed by atoms with Crippen molar-refractivity contribution in [2.75, 3.05) is 5.32 Å². The van der Waals surface area contributed by atoms with Crippen LogP contribution < -0.4 is 5.32 Å². The minimum atomic E-state index is -4.55. The monoisotopic (exact) mass is 519 g/mol. The lowest BCUT2D eigenvalue weighted by Gasteiger charge is -2.18. The third-order valence-corrected chi connectivity index (χ3v) is 8.37. The number of alkyl halides is 3. The smallest absolute Gasteiger partial charge is 0.323 e. The predicted octanol–water partition coefficient (Wildman–Crippen LogP) is 7.32. The standard InChI is InChI=1S/C24H17ClF3N3OS2/c25-16-10-9-14(24(26,27)28)11-17(16)31-21(32)20(13-5-2-1-3-6-13)34-23-19-15-7-4-8-18(15)33-22(19)29-12-30-23/h1-3,5-6,9-12,20H,4,7-8H2,(H,31,32). The van der Waals surface area contributed by atoms with Crippen molar-refractivity contribution >= 4 is 56.5 Å². The summed E-state index contributed by atoms with van der Waals surface area (Å²) in [5.41, 5.74) is 0.956. The fourth-order valence-corrected chi connectivity index (χ4v) is 6.58. The van der Waals surface area contributed by atoms with Crippen LogP contribution in [0.25, 0.3) is 10.2 Å². The molecule has 1 amide bonds. The molecule has 0 fully saturated rings. The van der Waals surface area contributed by atoms with Crippen molar-refractivity contribution in [2.45, 2.75) is 35.7 Å².